The zero-order valence-electron chi connectivity index (χ0n) is 11.9. The molecule has 1 amide bonds. The molecule has 0 bridgehead atoms. The van der Waals surface area contributed by atoms with Crippen LogP contribution in [-0.2, 0) is 16.1 Å². The fraction of sp³-hybridized carbons (Fsp3) is 0.533. The quantitative estimate of drug-likeness (QED) is 0.878. The fourth-order valence-corrected chi connectivity index (χ4v) is 2.24. The maximum atomic E-state index is 12.1. The normalized spacial score (nSPS) is 18.9. The van der Waals surface area contributed by atoms with Crippen molar-refractivity contribution < 1.29 is 14.3 Å². The molecule has 1 fully saturated rings. The van der Waals surface area contributed by atoms with E-state index in [1.165, 1.54) is 0 Å². The molecule has 0 radical (unpaired) electrons. The van der Waals surface area contributed by atoms with Crippen molar-refractivity contribution in [1.82, 2.24) is 4.90 Å². The maximum absolute atomic E-state index is 12.1. The highest BCUT2D eigenvalue weighted by atomic mass is 16.5. The molecule has 5 heteroatoms. The zero-order valence-corrected chi connectivity index (χ0v) is 11.9. The van der Waals surface area contributed by atoms with E-state index in [1.807, 2.05) is 29.2 Å². The molecule has 2 rings (SSSR count). The lowest BCUT2D eigenvalue weighted by Gasteiger charge is -2.32. The number of hydrogen-bond acceptors (Lipinski definition) is 4. The summed E-state index contributed by atoms with van der Waals surface area (Å²) in [5.41, 5.74) is 6.56. The summed E-state index contributed by atoms with van der Waals surface area (Å²) >= 11 is 0. The van der Waals surface area contributed by atoms with E-state index in [2.05, 4.69) is 6.92 Å². The third-order valence-corrected chi connectivity index (χ3v) is 3.49. The minimum atomic E-state index is -0.00132. The van der Waals surface area contributed by atoms with Crippen molar-refractivity contribution in [2.45, 2.75) is 26.0 Å². The van der Waals surface area contributed by atoms with Gasteiger partial charge in [-0.3, -0.25) is 4.79 Å². The first-order chi connectivity index (χ1) is 9.74. The fourth-order valence-electron chi connectivity index (χ4n) is 2.24. The van der Waals surface area contributed by atoms with Gasteiger partial charge in [0.05, 0.1) is 12.7 Å². The van der Waals surface area contributed by atoms with Crippen molar-refractivity contribution in [1.29, 1.82) is 0 Å². The maximum Gasteiger partial charge on any atom is 0.260 e. The topological polar surface area (TPSA) is 64.8 Å². The van der Waals surface area contributed by atoms with Gasteiger partial charge in [-0.2, -0.15) is 0 Å². The van der Waals surface area contributed by atoms with E-state index >= 15 is 0 Å². The largest absolute Gasteiger partial charge is 0.483 e. The summed E-state index contributed by atoms with van der Waals surface area (Å²) in [5, 5.41) is 0. The molecular formula is C15H22N2O3. The first kappa shape index (κ1) is 14.8. The molecule has 110 valence electrons. The van der Waals surface area contributed by atoms with E-state index in [9.17, 15) is 4.79 Å². The van der Waals surface area contributed by atoms with Gasteiger partial charge in [0.15, 0.2) is 6.61 Å². The van der Waals surface area contributed by atoms with Gasteiger partial charge >= 0.3 is 0 Å². The number of nitrogens with zero attached hydrogens (tertiary/aromatic N) is 1. The third-order valence-electron chi connectivity index (χ3n) is 3.49. The Morgan fingerprint density at radius 2 is 2.30 bits per heavy atom. The smallest absolute Gasteiger partial charge is 0.260 e. The van der Waals surface area contributed by atoms with Crippen LogP contribution >= 0.6 is 0 Å². The van der Waals surface area contributed by atoms with Crippen molar-refractivity contribution in [3.63, 3.8) is 0 Å². The van der Waals surface area contributed by atoms with Gasteiger partial charge in [-0.1, -0.05) is 25.1 Å². The molecular weight excluding hydrogens is 256 g/mol. The number of morpholine rings is 1. The number of para-hydroxylation sites is 1. The highest BCUT2D eigenvalue weighted by molar-refractivity contribution is 5.78. The van der Waals surface area contributed by atoms with Crippen LogP contribution in [0.4, 0.5) is 0 Å². The van der Waals surface area contributed by atoms with Crippen molar-refractivity contribution >= 4 is 5.91 Å². The van der Waals surface area contributed by atoms with Crippen LogP contribution in [-0.4, -0.2) is 43.2 Å². The number of ether oxygens (including phenoxy) is 2. The highest BCUT2D eigenvalue weighted by Gasteiger charge is 2.23. The van der Waals surface area contributed by atoms with Gasteiger partial charge in [0.25, 0.3) is 5.91 Å². The van der Waals surface area contributed by atoms with Gasteiger partial charge in [-0.15, -0.1) is 0 Å². The third kappa shape index (κ3) is 3.71. The first-order valence-electron chi connectivity index (χ1n) is 7.04. The summed E-state index contributed by atoms with van der Waals surface area (Å²) in [7, 11) is 0. The van der Waals surface area contributed by atoms with Crippen LogP contribution < -0.4 is 10.5 Å². The summed E-state index contributed by atoms with van der Waals surface area (Å²) in [6.07, 6.45) is 1.06. The van der Waals surface area contributed by atoms with E-state index < -0.39 is 0 Å². The number of carbonyl (C=O) groups excluding carboxylic acids is 1. The number of rotatable bonds is 5. The Hall–Kier alpha value is -1.59. The molecule has 0 saturated carbocycles. The molecule has 1 aromatic rings. The minimum Gasteiger partial charge on any atom is -0.483 e. The number of amides is 1. The van der Waals surface area contributed by atoms with E-state index in [1.54, 1.807) is 0 Å². The van der Waals surface area contributed by atoms with E-state index in [4.69, 9.17) is 15.2 Å². The molecule has 1 heterocycles. The Balaban J connectivity index is 1.88. The SMILES string of the molecule is CCC1CN(C(=O)COc2ccccc2CN)CCO1. The predicted molar refractivity (Wildman–Crippen MR) is 76.4 cm³/mol. The Bertz CT molecular complexity index is 450. The summed E-state index contributed by atoms with van der Waals surface area (Å²) in [6, 6.07) is 7.52. The molecule has 1 aromatic carbocycles. The average Bonchev–Trinajstić information content (AvgIpc) is 2.52. The summed E-state index contributed by atoms with van der Waals surface area (Å²) in [5.74, 6) is 0.683. The van der Waals surface area contributed by atoms with Crippen LogP contribution in [0.15, 0.2) is 24.3 Å². The molecule has 1 atom stereocenters. The number of hydrogen-bond donors (Lipinski definition) is 1. The molecule has 1 unspecified atom stereocenters. The lowest BCUT2D eigenvalue weighted by atomic mass is 10.2. The van der Waals surface area contributed by atoms with E-state index in [-0.39, 0.29) is 18.6 Å². The second-order valence-corrected chi connectivity index (χ2v) is 4.84. The van der Waals surface area contributed by atoms with Crippen molar-refractivity contribution in [2.24, 2.45) is 5.73 Å². The summed E-state index contributed by atoms with van der Waals surface area (Å²) in [4.78, 5) is 14.0. The molecule has 1 saturated heterocycles. The van der Waals surface area contributed by atoms with Gasteiger partial charge in [0.1, 0.15) is 5.75 Å². The van der Waals surface area contributed by atoms with E-state index in [0.717, 1.165) is 12.0 Å². The lowest BCUT2D eigenvalue weighted by Crippen LogP contribution is -2.47. The monoisotopic (exact) mass is 278 g/mol. The van der Waals surface area contributed by atoms with Crippen molar-refractivity contribution in [3.8, 4) is 5.75 Å². The molecule has 1 aliphatic heterocycles. The van der Waals surface area contributed by atoms with Crippen LogP contribution in [0.25, 0.3) is 0 Å². The Labute approximate surface area is 119 Å². The van der Waals surface area contributed by atoms with Gasteiger partial charge < -0.3 is 20.1 Å². The molecule has 5 nitrogen and oxygen atoms in total. The molecule has 0 spiro atoms. The molecule has 20 heavy (non-hydrogen) atoms. The summed E-state index contributed by atoms with van der Waals surface area (Å²) < 4.78 is 11.2. The standard InChI is InChI=1S/C15H22N2O3/c1-2-13-10-17(7-8-19-13)15(18)11-20-14-6-4-3-5-12(14)9-16/h3-6,13H,2,7-11,16H2,1H3. The molecule has 0 aromatic heterocycles. The minimum absolute atomic E-state index is 0.00132. The molecule has 0 aliphatic carbocycles. The first-order valence-corrected chi connectivity index (χ1v) is 7.04. The molecule has 2 N–H and O–H groups in total. The Morgan fingerprint density at radius 3 is 3.05 bits per heavy atom. The number of carbonyl (C=O) groups is 1. The van der Waals surface area contributed by atoms with Crippen molar-refractivity contribution in [2.75, 3.05) is 26.3 Å². The van der Waals surface area contributed by atoms with Crippen LogP contribution in [0, 0.1) is 0 Å². The Kier molecular flexibility index (Phi) is 5.38. The van der Waals surface area contributed by atoms with Crippen LogP contribution in [0.3, 0.4) is 0 Å². The van der Waals surface area contributed by atoms with E-state index in [0.29, 0.717) is 32.0 Å². The van der Waals surface area contributed by atoms with Gasteiger partial charge in [0.2, 0.25) is 0 Å². The van der Waals surface area contributed by atoms with Crippen LogP contribution in [0.5, 0.6) is 5.75 Å². The number of nitrogens with two attached hydrogens (primary N) is 1. The molecule has 1 aliphatic rings. The zero-order chi connectivity index (χ0) is 14.4. The average molecular weight is 278 g/mol. The van der Waals surface area contributed by atoms with Gasteiger partial charge in [0, 0.05) is 25.2 Å². The highest BCUT2D eigenvalue weighted by Crippen LogP contribution is 2.17. The predicted octanol–water partition coefficient (Wildman–Crippen LogP) is 1.16. The van der Waals surface area contributed by atoms with Crippen molar-refractivity contribution in [3.05, 3.63) is 29.8 Å². The second kappa shape index (κ2) is 7.26. The van der Waals surface area contributed by atoms with Crippen LogP contribution in [0.2, 0.25) is 0 Å². The second-order valence-electron chi connectivity index (χ2n) is 4.84. The van der Waals surface area contributed by atoms with Crippen LogP contribution in [0.1, 0.15) is 18.9 Å². The van der Waals surface area contributed by atoms with Gasteiger partial charge in [-0.05, 0) is 12.5 Å². The summed E-state index contributed by atoms with van der Waals surface area (Å²) in [6.45, 7) is 4.40. The van der Waals surface area contributed by atoms with Gasteiger partial charge in [-0.25, -0.2) is 0 Å². The lowest BCUT2D eigenvalue weighted by molar-refractivity contribution is -0.141. The Morgan fingerprint density at radius 1 is 1.50 bits per heavy atom. The number of benzene rings is 1.